The Morgan fingerprint density at radius 2 is 0.667 bits per heavy atom. The summed E-state index contributed by atoms with van der Waals surface area (Å²) in [6.07, 6.45) is 22.9. The number of hydrogen-bond acceptors (Lipinski definition) is 3. The maximum absolute atomic E-state index is 9.00. The highest BCUT2D eigenvalue weighted by Crippen LogP contribution is 2.13. The van der Waals surface area contributed by atoms with Gasteiger partial charge in [0.05, 0.1) is 0 Å². The average Bonchev–Trinajstić information content (AvgIpc) is 2.57. The molecule has 7 nitrogen and oxygen atoms in total. The van der Waals surface area contributed by atoms with Gasteiger partial charge < -0.3 is 28.7 Å². The predicted molar refractivity (Wildman–Crippen MR) is 116 cm³/mol. The summed E-state index contributed by atoms with van der Waals surface area (Å²) < 4.78 is 0. The lowest BCUT2D eigenvalue weighted by atomic mass is 10.0. The van der Waals surface area contributed by atoms with Crippen molar-refractivity contribution in [2.24, 2.45) is 28.7 Å². The fourth-order valence-corrected chi connectivity index (χ4v) is 2.69. The Labute approximate surface area is 167 Å². The third-order valence-electron chi connectivity index (χ3n) is 4.06. The lowest BCUT2D eigenvalue weighted by Gasteiger charge is -2.03. The molecule has 0 aliphatic heterocycles. The van der Waals surface area contributed by atoms with Crippen molar-refractivity contribution in [1.82, 2.24) is 0 Å². The zero-order chi connectivity index (χ0) is 21.2. The molecule has 0 bridgehead atoms. The van der Waals surface area contributed by atoms with Crippen LogP contribution in [0, 0.1) is 0 Å². The van der Waals surface area contributed by atoms with Gasteiger partial charge in [0.2, 0.25) is 0 Å². The van der Waals surface area contributed by atoms with Gasteiger partial charge in [0, 0.05) is 0 Å². The molecule has 0 saturated carbocycles. The van der Waals surface area contributed by atoms with Gasteiger partial charge in [0.15, 0.2) is 0 Å². The van der Waals surface area contributed by atoms with Gasteiger partial charge >= 0.3 is 12.1 Å². The van der Waals surface area contributed by atoms with Crippen molar-refractivity contribution >= 4 is 12.1 Å². The summed E-state index contributed by atoms with van der Waals surface area (Å²) in [6, 6.07) is -1.67. The molecule has 0 unspecified atom stereocenters. The van der Waals surface area contributed by atoms with E-state index in [4.69, 9.17) is 15.3 Å². The van der Waals surface area contributed by atoms with Crippen LogP contribution >= 0.6 is 0 Å². The van der Waals surface area contributed by atoms with Crippen molar-refractivity contribution in [2.45, 2.75) is 110 Å². The summed E-state index contributed by atoms with van der Waals surface area (Å²) in [5.41, 5.74) is 22.5. The Kier molecular flexibility index (Phi) is 32.8. The van der Waals surface area contributed by atoms with Gasteiger partial charge in [-0.05, 0) is 13.0 Å². The van der Waals surface area contributed by atoms with Gasteiger partial charge in [-0.25, -0.2) is 9.59 Å². The molecule has 7 heteroatoms. The van der Waals surface area contributed by atoms with Gasteiger partial charge in [0.1, 0.15) is 0 Å². The number of urea groups is 2. The summed E-state index contributed by atoms with van der Waals surface area (Å²) in [6.45, 7) is 3.16. The minimum absolute atomic E-state index is 0.833. The quantitative estimate of drug-likeness (QED) is 0.249. The van der Waals surface area contributed by atoms with E-state index in [1.165, 1.54) is 103 Å². The van der Waals surface area contributed by atoms with Crippen molar-refractivity contribution < 1.29 is 9.59 Å². The first-order valence-electron chi connectivity index (χ1n) is 10.7. The summed E-state index contributed by atoms with van der Waals surface area (Å²) in [5.74, 6) is 0. The highest BCUT2D eigenvalue weighted by Gasteiger charge is 1.94. The highest BCUT2D eigenvalue weighted by atomic mass is 16.2. The molecule has 0 radical (unpaired) electrons. The van der Waals surface area contributed by atoms with Crippen LogP contribution in [0.1, 0.15) is 110 Å². The molecule has 0 aromatic rings. The SMILES string of the molecule is CCCCCCCCCCCCCCCCCCN.NC(N)=O.NC(N)=O. The van der Waals surface area contributed by atoms with Gasteiger partial charge in [-0.3, -0.25) is 0 Å². The second kappa shape index (κ2) is 29.3. The molecule has 0 aromatic heterocycles. The Morgan fingerprint density at radius 1 is 0.481 bits per heavy atom. The van der Waals surface area contributed by atoms with E-state index < -0.39 is 12.1 Å². The molecular weight excluding hydrogens is 342 g/mol. The summed E-state index contributed by atoms with van der Waals surface area (Å²) in [7, 11) is 0. The Balaban J connectivity index is -0.000000603. The fourth-order valence-electron chi connectivity index (χ4n) is 2.69. The van der Waals surface area contributed by atoms with Gasteiger partial charge in [0.25, 0.3) is 0 Å². The van der Waals surface area contributed by atoms with E-state index in [1.807, 2.05) is 0 Å². The highest BCUT2D eigenvalue weighted by molar-refractivity contribution is 5.69. The van der Waals surface area contributed by atoms with Crippen LogP contribution in [-0.2, 0) is 0 Å². The predicted octanol–water partition coefficient (Wildman–Crippen LogP) is 4.25. The van der Waals surface area contributed by atoms with Crippen molar-refractivity contribution in [3.8, 4) is 0 Å². The topological polar surface area (TPSA) is 164 Å². The lowest BCUT2D eigenvalue weighted by molar-refractivity contribution is 0.255. The number of amides is 4. The third kappa shape index (κ3) is 59.0. The number of hydrogen-bond donors (Lipinski definition) is 5. The minimum atomic E-state index is -0.833. The minimum Gasteiger partial charge on any atom is -0.352 e. The molecule has 0 heterocycles. The molecule has 0 fully saturated rings. The van der Waals surface area contributed by atoms with Crippen LogP contribution in [0.5, 0.6) is 0 Å². The number of primary amides is 4. The molecule has 0 saturated heterocycles. The molecule has 0 spiro atoms. The Morgan fingerprint density at radius 3 is 0.852 bits per heavy atom. The normalized spacial score (nSPS) is 9.56. The molecule has 4 amide bonds. The molecule has 0 aliphatic carbocycles. The van der Waals surface area contributed by atoms with Crippen molar-refractivity contribution in [3.63, 3.8) is 0 Å². The largest absolute Gasteiger partial charge is 0.352 e. The second-order valence-electron chi connectivity index (χ2n) is 6.90. The number of carbonyl (C=O) groups is 2. The summed E-state index contributed by atoms with van der Waals surface area (Å²) >= 11 is 0. The van der Waals surface area contributed by atoms with Gasteiger partial charge in [-0.1, -0.05) is 103 Å². The van der Waals surface area contributed by atoms with E-state index in [0.29, 0.717) is 0 Å². The maximum Gasteiger partial charge on any atom is 0.309 e. The van der Waals surface area contributed by atoms with Crippen molar-refractivity contribution in [2.75, 3.05) is 6.54 Å². The van der Waals surface area contributed by atoms with E-state index in [-0.39, 0.29) is 0 Å². The van der Waals surface area contributed by atoms with E-state index in [0.717, 1.165) is 6.54 Å². The summed E-state index contributed by atoms with van der Waals surface area (Å²) in [4.78, 5) is 18.0. The monoisotopic (exact) mass is 389 g/mol. The molecule has 0 rings (SSSR count). The van der Waals surface area contributed by atoms with Gasteiger partial charge in [-0.2, -0.15) is 0 Å². The standard InChI is InChI=1S/C18H39N.2CH4N2O/c1-2-3-4-5-6-7-8-9-10-11-12-13-14-15-16-17-18-19;2*2-1(3)4/h2-19H2,1H3;2*(H4,2,3,4). The first kappa shape index (κ1) is 30.2. The first-order chi connectivity index (χ1) is 12.9. The van der Waals surface area contributed by atoms with E-state index in [9.17, 15) is 0 Å². The molecule has 164 valence electrons. The summed E-state index contributed by atoms with van der Waals surface area (Å²) in [5, 5.41) is 0. The maximum atomic E-state index is 9.00. The molecule has 10 N–H and O–H groups in total. The van der Waals surface area contributed by atoms with Crippen LogP contribution in [0.4, 0.5) is 9.59 Å². The molecule has 0 atom stereocenters. The van der Waals surface area contributed by atoms with E-state index in [1.54, 1.807) is 0 Å². The number of rotatable bonds is 16. The van der Waals surface area contributed by atoms with Gasteiger partial charge in [-0.15, -0.1) is 0 Å². The van der Waals surface area contributed by atoms with Crippen LogP contribution < -0.4 is 28.7 Å². The average molecular weight is 390 g/mol. The fraction of sp³-hybridized carbons (Fsp3) is 0.900. The number of nitrogens with two attached hydrogens (primary N) is 5. The van der Waals surface area contributed by atoms with Crippen LogP contribution in [0.2, 0.25) is 0 Å². The zero-order valence-electron chi connectivity index (χ0n) is 17.7. The molecule has 27 heavy (non-hydrogen) atoms. The van der Waals surface area contributed by atoms with E-state index >= 15 is 0 Å². The van der Waals surface area contributed by atoms with Crippen LogP contribution in [0.15, 0.2) is 0 Å². The molecule has 0 aliphatic rings. The molecule has 0 aromatic carbocycles. The first-order valence-corrected chi connectivity index (χ1v) is 10.7. The number of carbonyl (C=O) groups excluding carboxylic acids is 2. The zero-order valence-corrected chi connectivity index (χ0v) is 17.7. The lowest BCUT2D eigenvalue weighted by Crippen LogP contribution is -2.18. The molecular formula is C20H47N5O2. The Bertz CT molecular complexity index is 266. The van der Waals surface area contributed by atoms with Crippen LogP contribution in [0.3, 0.4) is 0 Å². The smallest absolute Gasteiger partial charge is 0.309 e. The number of unbranched alkanes of at least 4 members (excludes halogenated alkanes) is 15. The van der Waals surface area contributed by atoms with Crippen molar-refractivity contribution in [3.05, 3.63) is 0 Å². The van der Waals surface area contributed by atoms with Crippen LogP contribution in [-0.4, -0.2) is 18.6 Å². The second-order valence-corrected chi connectivity index (χ2v) is 6.90. The van der Waals surface area contributed by atoms with Crippen molar-refractivity contribution in [1.29, 1.82) is 0 Å². The van der Waals surface area contributed by atoms with Crippen LogP contribution in [0.25, 0.3) is 0 Å². The third-order valence-corrected chi connectivity index (χ3v) is 4.06. The van der Waals surface area contributed by atoms with E-state index in [2.05, 4.69) is 29.9 Å². The Hall–Kier alpha value is -1.50.